The van der Waals surface area contributed by atoms with E-state index in [1.165, 1.54) is 19.2 Å². The first-order valence-electron chi connectivity index (χ1n) is 4.78. The van der Waals surface area contributed by atoms with Crippen molar-refractivity contribution >= 4 is 5.91 Å². The largest absolute Gasteiger partial charge is 0.343 e. The molecule has 4 nitrogen and oxygen atoms in total. The molecule has 88 valence electrons. The lowest BCUT2D eigenvalue weighted by Gasteiger charge is -2.20. The number of carbonyl (C=O) groups is 1. The molecule has 1 rings (SSSR count). The number of amides is 1. The third-order valence-electron chi connectivity index (χ3n) is 2.15. The number of nitrogens with one attached hydrogen (secondary N) is 1. The zero-order chi connectivity index (χ0) is 12.3. The van der Waals surface area contributed by atoms with Crippen LogP contribution in [0, 0.1) is 6.92 Å². The lowest BCUT2D eigenvalue weighted by molar-refractivity contribution is -0.0108. The summed E-state index contributed by atoms with van der Waals surface area (Å²) in [6.07, 6.45) is 1.24. The summed E-state index contributed by atoms with van der Waals surface area (Å²) in [5.41, 5.74) is 0.784. The Balaban J connectivity index is 2.74. The molecule has 0 saturated carbocycles. The van der Waals surface area contributed by atoms with Crippen molar-refractivity contribution < 1.29 is 13.6 Å². The van der Waals surface area contributed by atoms with Gasteiger partial charge in [-0.2, -0.15) is 10.2 Å². The summed E-state index contributed by atoms with van der Waals surface area (Å²) in [6.45, 7) is 3.68. The van der Waals surface area contributed by atoms with Crippen LogP contribution < -0.4 is 5.32 Å². The molecule has 1 aromatic rings. The molecule has 0 aliphatic heterocycles. The van der Waals surface area contributed by atoms with Gasteiger partial charge in [-0.25, -0.2) is 8.78 Å². The summed E-state index contributed by atoms with van der Waals surface area (Å²) in [5, 5.41) is 9.46. The number of aryl methyl sites for hydroxylation is 1. The van der Waals surface area contributed by atoms with Crippen LogP contribution in [-0.4, -0.2) is 28.1 Å². The van der Waals surface area contributed by atoms with Crippen molar-refractivity contribution in [2.24, 2.45) is 0 Å². The number of hydrogen-bond donors (Lipinski definition) is 1. The van der Waals surface area contributed by atoms with Crippen LogP contribution in [0.5, 0.6) is 0 Å². The van der Waals surface area contributed by atoms with Crippen LogP contribution in [0.15, 0.2) is 12.3 Å². The highest BCUT2D eigenvalue weighted by Gasteiger charge is 2.31. The van der Waals surface area contributed by atoms with Gasteiger partial charge in [-0.05, 0) is 19.9 Å². The fraction of sp³-hybridized carbons (Fsp3) is 0.500. The van der Waals surface area contributed by atoms with Gasteiger partial charge in [0.25, 0.3) is 11.8 Å². The van der Waals surface area contributed by atoms with Crippen molar-refractivity contribution in [3.63, 3.8) is 0 Å². The van der Waals surface area contributed by atoms with Crippen molar-refractivity contribution in [2.45, 2.75) is 32.7 Å². The molecule has 0 bridgehead atoms. The van der Waals surface area contributed by atoms with Crippen molar-refractivity contribution in [3.8, 4) is 0 Å². The highest BCUT2D eigenvalue weighted by molar-refractivity contribution is 5.94. The number of alkyl halides is 2. The van der Waals surface area contributed by atoms with Gasteiger partial charge in [0.05, 0.1) is 23.5 Å². The standard InChI is InChI=1S/C10H13F2N3O/c1-6-4-8(5-13-15-6)9(16)14-7(2)10(3,11)12/h4-5,7H,1-3H3,(H,14,16). The summed E-state index contributed by atoms with van der Waals surface area (Å²) >= 11 is 0. The van der Waals surface area contributed by atoms with E-state index in [4.69, 9.17) is 0 Å². The molecule has 6 heteroatoms. The lowest BCUT2D eigenvalue weighted by atomic mass is 10.2. The maximum absolute atomic E-state index is 12.8. The second kappa shape index (κ2) is 4.51. The maximum atomic E-state index is 12.8. The Morgan fingerprint density at radius 3 is 2.69 bits per heavy atom. The third kappa shape index (κ3) is 3.22. The summed E-state index contributed by atoms with van der Waals surface area (Å²) in [7, 11) is 0. The second-order valence-corrected chi connectivity index (χ2v) is 3.74. The smallest absolute Gasteiger partial charge is 0.264 e. The Labute approximate surface area is 92.1 Å². The summed E-state index contributed by atoms with van der Waals surface area (Å²) < 4.78 is 25.7. The number of aromatic nitrogens is 2. The Morgan fingerprint density at radius 2 is 2.19 bits per heavy atom. The molecule has 0 aliphatic rings. The molecule has 0 saturated heterocycles. The summed E-state index contributed by atoms with van der Waals surface area (Å²) in [5.74, 6) is -3.53. The predicted molar refractivity (Wildman–Crippen MR) is 54.3 cm³/mol. The number of rotatable bonds is 3. The van der Waals surface area contributed by atoms with E-state index < -0.39 is 17.9 Å². The van der Waals surface area contributed by atoms with Gasteiger partial charge in [0.1, 0.15) is 0 Å². The highest BCUT2D eigenvalue weighted by Crippen LogP contribution is 2.17. The third-order valence-corrected chi connectivity index (χ3v) is 2.15. The van der Waals surface area contributed by atoms with Crippen LogP contribution in [-0.2, 0) is 0 Å². The zero-order valence-electron chi connectivity index (χ0n) is 9.29. The first-order valence-corrected chi connectivity index (χ1v) is 4.78. The molecule has 1 amide bonds. The highest BCUT2D eigenvalue weighted by atomic mass is 19.3. The molecule has 0 fully saturated rings. The van der Waals surface area contributed by atoms with Crippen LogP contribution in [0.3, 0.4) is 0 Å². The molecule has 1 N–H and O–H groups in total. The molecule has 1 heterocycles. The van der Waals surface area contributed by atoms with E-state index in [1.54, 1.807) is 6.92 Å². The quantitative estimate of drug-likeness (QED) is 0.855. The van der Waals surface area contributed by atoms with Crippen molar-refractivity contribution in [3.05, 3.63) is 23.5 Å². The van der Waals surface area contributed by atoms with E-state index in [9.17, 15) is 13.6 Å². The molecule has 1 atom stereocenters. The average molecular weight is 229 g/mol. The van der Waals surface area contributed by atoms with E-state index in [1.807, 2.05) is 0 Å². The first kappa shape index (κ1) is 12.5. The van der Waals surface area contributed by atoms with Crippen LogP contribution in [0.4, 0.5) is 8.78 Å². The van der Waals surface area contributed by atoms with Gasteiger partial charge in [0.15, 0.2) is 0 Å². The van der Waals surface area contributed by atoms with E-state index in [0.29, 0.717) is 5.69 Å². The maximum Gasteiger partial charge on any atom is 0.264 e. The Hall–Kier alpha value is -1.59. The fourth-order valence-electron chi connectivity index (χ4n) is 1.00. The molecular formula is C10H13F2N3O. The minimum absolute atomic E-state index is 0.226. The molecule has 1 unspecified atom stereocenters. The van der Waals surface area contributed by atoms with Gasteiger partial charge >= 0.3 is 0 Å². The SMILES string of the molecule is Cc1cc(C(=O)NC(C)C(C)(F)F)cnn1. The van der Waals surface area contributed by atoms with E-state index in [2.05, 4.69) is 15.5 Å². The molecular weight excluding hydrogens is 216 g/mol. The van der Waals surface area contributed by atoms with Gasteiger partial charge in [0.2, 0.25) is 0 Å². The summed E-state index contributed by atoms with van der Waals surface area (Å²) in [4.78, 5) is 11.5. The predicted octanol–water partition coefficient (Wildman–Crippen LogP) is 1.56. The van der Waals surface area contributed by atoms with Crippen LogP contribution >= 0.6 is 0 Å². The van der Waals surface area contributed by atoms with Crippen LogP contribution in [0.25, 0.3) is 0 Å². The fourth-order valence-corrected chi connectivity index (χ4v) is 1.00. The normalized spacial score (nSPS) is 13.3. The topological polar surface area (TPSA) is 54.9 Å². The second-order valence-electron chi connectivity index (χ2n) is 3.74. The Kier molecular flexibility index (Phi) is 3.51. The molecule has 0 spiro atoms. The Bertz CT molecular complexity index is 390. The van der Waals surface area contributed by atoms with Gasteiger partial charge in [0, 0.05) is 6.92 Å². The number of hydrogen-bond acceptors (Lipinski definition) is 3. The van der Waals surface area contributed by atoms with E-state index in [0.717, 1.165) is 6.92 Å². The molecule has 1 aromatic heterocycles. The molecule has 0 aromatic carbocycles. The minimum atomic E-state index is -2.95. The number of nitrogens with zero attached hydrogens (tertiary/aromatic N) is 2. The van der Waals surface area contributed by atoms with Crippen LogP contribution in [0.2, 0.25) is 0 Å². The molecule has 0 aliphatic carbocycles. The first-order chi connectivity index (χ1) is 7.30. The molecule has 16 heavy (non-hydrogen) atoms. The van der Waals surface area contributed by atoms with Crippen molar-refractivity contribution in [2.75, 3.05) is 0 Å². The van der Waals surface area contributed by atoms with Crippen molar-refractivity contribution in [1.82, 2.24) is 15.5 Å². The Morgan fingerprint density at radius 1 is 1.56 bits per heavy atom. The number of halogens is 2. The van der Waals surface area contributed by atoms with Gasteiger partial charge in [-0.15, -0.1) is 0 Å². The van der Waals surface area contributed by atoms with Gasteiger partial charge in [-0.1, -0.05) is 0 Å². The number of carbonyl (C=O) groups excluding carboxylic acids is 1. The average Bonchev–Trinajstić information content (AvgIpc) is 2.16. The minimum Gasteiger partial charge on any atom is -0.343 e. The summed E-state index contributed by atoms with van der Waals surface area (Å²) in [6, 6.07) is 0.261. The monoisotopic (exact) mass is 229 g/mol. The zero-order valence-corrected chi connectivity index (χ0v) is 9.29. The van der Waals surface area contributed by atoms with E-state index in [-0.39, 0.29) is 5.56 Å². The van der Waals surface area contributed by atoms with Gasteiger partial charge < -0.3 is 5.32 Å². The lowest BCUT2D eigenvalue weighted by Crippen LogP contribution is -2.43. The molecule has 0 radical (unpaired) electrons. The van der Waals surface area contributed by atoms with Gasteiger partial charge in [-0.3, -0.25) is 4.79 Å². The van der Waals surface area contributed by atoms with Crippen molar-refractivity contribution in [1.29, 1.82) is 0 Å². The van der Waals surface area contributed by atoms with E-state index >= 15 is 0 Å². The van der Waals surface area contributed by atoms with Crippen LogP contribution in [0.1, 0.15) is 29.9 Å².